The number of anilines is 1. The van der Waals surface area contributed by atoms with Crippen LogP contribution in [-0.4, -0.2) is 58.2 Å². The normalized spacial score (nSPS) is 40.7. The van der Waals surface area contributed by atoms with Crippen LogP contribution in [0.5, 0.6) is 5.75 Å². The number of fused-ring (bicyclic) bond motifs is 7. The highest BCUT2D eigenvalue weighted by Gasteiger charge is 2.80. The molecular weight excluding hydrogens is 596 g/mol. The third-order valence-electron chi connectivity index (χ3n) is 11.5. The first-order chi connectivity index (χ1) is 21.8. The fourth-order valence-electron chi connectivity index (χ4n) is 9.31. The minimum Gasteiger partial charge on any atom is -0.423 e. The summed E-state index contributed by atoms with van der Waals surface area (Å²) in [5.74, 6) is -2.50. The number of aliphatic hydroxyl groups is 2. The largest absolute Gasteiger partial charge is 0.423 e. The van der Waals surface area contributed by atoms with Crippen LogP contribution in [-0.2, 0) is 14.3 Å². The zero-order chi connectivity index (χ0) is 32.8. The number of rotatable bonds is 5. The van der Waals surface area contributed by atoms with Gasteiger partial charge < -0.3 is 30.2 Å². The van der Waals surface area contributed by atoms with Crippen molar-refractivity contribution in [3.63, 3.8) is 0 Å². The molecule has 0 radical (unpaired) electrons. The number of alkyl halides is 2. The topological polar surface area (TPSA) is 128 Å². The van der Waals surface area contributed by atoms with Crippen LogP contribution in [0.4, 0.5) is 14.5 Å². The molecule has 7 rings (SSSR count). The van der Waals surface area contributed by atoms with E-state index in [2.05, 4.69) is 6.58 Å². The number of halogens is 2. The van der Waals surface area contributed by atoms with Crippen LogP contribution in [0.2, 0.25) is 0 Å². The summed E-state index contributed by atoms with van der Waals surface area (Å²) in [5, 5.41) is 21.9. The Kier molecular flexibility index (Phi) is 6.99. The van der Waals surface area contributed by atoms with Crippen molar-refractivity contribution in [3.8, 4) is 5.75 Å². The summed E-state index contributed by atoms with van der Waals surface area (Å²) in [6.07, 6.45) is -0.310. The summed E-state index contributed by atoms with van der Waals surface area (Å²) in [5.41, 5.74) is 1.26. The molecule has 10 atom stereocenters. The molecule has 10 heteroatoms. The summed E-state index contributed by atoms with van der Waals surface area (Å²) >= 11 is 0. The molecule has 1 heterocycles. The van der Waals surface area contributed by atoms with E-state index < -0.39 is 77.0 Å². The van der Waals surface area contributed by atoms with Gasteiger partial charge >= 0.3 is 5.97 Å². The van der Waals surface area contributed by atoms with E-state index in [1.165, 1.54) is 6.07 Å². The Hall–Kier alpha value is -3.70. The molecule has 4 aliphatic carbocycles. The number of hydrogen-bond donors (Lipinski definition) is 3. The van der Waals surface area contributed by atoms with Gasteiger partial charge in [0.25, 0.3) is 0 Å². The molecule has 46 heavy (non-hydrogen) atoms. The van der Waals surface area contributed by atoms with Crippen LogP contribution in [0.3, 0.4) is 0 Å². The molecule has 0 amide bonds. The minimum atomic E-state index is -2.22. The highest BCUT2D eigenvalue weighted by Crippen LogP contribution is 2.72. The van der Waals surface area contributed by atoms with Gasteiger partial charge in [0.1, 0.15) is 18.5 Å². The lowest BCUT2D eigenvalue weighted by Crippen LogP contribution is -2.70. The van der Waals surface area contributed by atoms with Gasteiger partial charge in [0.05, 0.1) is 17.8 Å². The van der Waals surface area contributed by atoms with Crippen LogP contribution >= 0.6 is 0 Å². The van der Waals surface area contributed by atoms with Gasteiger partial charge in [0, 0.05) is 34.1 Å². The van der Waals surface area contributed by atoms with Crippen LogP contribution < -0.4 is 10.5 Å². The maximum Gasteiger partial charge on any atom is 0.343 e. The van der Waals surface area contributed by atoms with E-state index in [1.807, 2.05) is 0 Å². The molecular formula is C36H37F2NO7. The van der Waals surface area contributed by atoms with E-state index in [4.69, 9.17) is 19.9 Å². The number of ketones is 1. The molecule has 0 aromatic heterocycles. The number of nitrogen functional groups attached to an aromatic ring is 1. The van der Waals surface area contributed by atoms with Crippen molar-refractivity contribution in [3.05, 3.63) is 95.6 Å². The standard InChI is InChI=1S/C36H37F2NO7/c1-19-11-12-33(2)26(13-19)27(37)15-25-24-16-30-36(29(42)18-40,34(24,3)17-28(41)35(25,33)38)46-32(45-30)21-9-7-20(8-10-21)31(43)44-23-6-4-5-22(39)14-23/h4-14,24-25,27-28,30,32,40-41H,1,15-18,39H2,2-3H3/t24-,25-,27-,28-,30+,32+,33-,34-,35-,36+/m0/s1. The van der Waals surface area contributed by atoms with E-state index in [1.54, 1.807) is 74.5 Å². The molecule has 2 aromatic carbocycles. The van der Waals surface area contributed by atoms with Crippen molar-refractivity contribution >= 4 is 17.4 Å². The highest BCUT2D eigenvalue weighted by atomic mass is 19.1. The maximum absolute atomic E-state index is 17.6. The average molecular weight is 634 g/mol. The van der Waals surface area contributed by atoms with Crippen LogP contribution in [0.25, 0.3) is 0 Å². The quantitative estimate of drug-likeness (QED) is 0.235. The van der Waals surface area contributed by atoms with E-state index in [-0.39, 0.29) is 30.4 Å². The van der Waals surface area contributed by atoms with Gasteiger partial charge in [0.2, 0.25) is 0 Å². The molecule has 2 aromatic rings. The first-order valence-corrected chi connectivity index (χ1v) is 15.5. The van der Waals surface area contributed by atoms with Gasteiger partial charge in [-0.15, -0.1) is 0 Å². The first kappa shape index (κ1) is 30.9. The second-order valence-electron chi connectivity index (χ2n) is 13.7. The van der Waals surface area contributed by atoms with Gasteiger partial charge in [-0.1, -0.05) is 49.9 Å². The molecule has 0 spiro atoms. The molecule has 3 saturated carbocycles. The van der Waals surface area contributed by atoms with E-state index in [0.29, 0.717) is 22.6 Å². The number of Topliss-reactive ketones (excluding diaryl/α,β-unsaturated/α-hetero) is 1. The Balaban J connectivity index is 1.19. The molecule has 242 valence electrons. The van der Waals surface area contributed by atoms with E-state index in [9.17, 15) is 19.8 Å². The average Bonchev–Trinajstić information content (AvgIpc) is 3.52. The number of nitrogens with two attached hydrogens (primary N) is 1. The van der Waals surface area contributed by atoms with Crippen molar-refractivity contribution in [2.45, 2.75) is 69.0 Å². The molecule has 0 bridgehead atoms. The van der Waals surface area contributed by atoms with Gasteiger partial charge in [-0.3, -0.25) is 4.79 Å². The van der Waals surface area contributed by atoms with Gasteiger partial charge in [-0.2, -0.15) is 0 Å². The molecule has 4 fully saturated rings. The number of hydrogen-bond acceptors (Lipinski definition) is 8. The third kappa shape index (κ3) is 4.03. The summed E-state index contributed by atoms with van der Waals surface area (Å²) in [6.45, 7) is 6.41. The predicted molar refractivity (Wildman–Crippen MR) is 164 cm³/mol. The molecule has 1 aliphatic heterocycles. The van der Waals surface area contributed by atoms with Crippen molar-refractivity contribution in [2.24, 2.45) is 22.7 Å². The highest BCUT2D eigenvalue weighted by molar-refractivity contribution is 5.92. The Labute approximate surface area is 265 Å². The fraction of sp³-hybridized carbons (Fsp3) is 0.444. The van der Waals surface area contributed by atoms with Crippen molar-refractivity contribution in [2.75, 3.05) is 12.3 Å². The number of benzene rings is 2. The van der Waals surface area contributed by atoms with Gasteiger partial charge in [-0.25, -0.2) is 13.6 Å². The number of ether oxygens (including phenoxy) is 3. The summed E-state index contributed by atoms with van der Waals surface area (Å²) in [6, 6.07) is 12.8. The minimum absolute atomic E-state index is 0.160. The summed E-state index contributed by atoms with van der Waals surface area (Å²) in [4.78, 5) is 26.5. The monoisotopic (exact) mass is 633 g/mol. The number of carbonyl (C=O) groups is 2. The summed E-state index contributed by atoms with van der Waals surface area (Å²) < 4.78 is 51.8. The SMILES string of the molecule is C=C1C=C[C@@]2(C)C(=C1)[C@@H](F)C[C@H]1[C@@H]3C[C@H]4O[C@@H](c5ccc(C(=O)Oc6cccc(N)c6)cc5)O[C@@]4(C(=O)CO)[C@@]3(C)C[C@H](O)[C@@]12F. The second-order valence-corrected chi connectivity index (χ2v) is 13.7. The second kappa shape index (κ2) is 10.4. The van der Waals surface area contributed by atoms with Crippen molar-refractivity contribution in [1.29, 1.82) is 0 Å². The molecule has 4 N–H and O–H groups in total. The number of carbonyl (C=O) groups excluding carboxylic acids is 2. The zero-order valence-electron chi connectivity index (χ0n) is 25.6. The predicted octanol–water partition coefficient (Wildman–Crippen LogP) is 5.12. The Morgan fingerprint density at radius 1 is 1.13 bits per heavy atom. The Morgan fingerprint density at radius 2 is 1.87 bits per heavy atom. The molecule has 1 saturated heterocycles. The van der Waals surface area contributed by atoms with Gasteiger partial charge in [-0.05, 0) is 67.5 Å². The lowest BCUT2D eigenvalue weighted by Gasteiger charge is -2.63. The zero-order valence-corrected chi connectivity index (χ0v) is 25.6. The van der Waals surface area contributed by atoms with Crippen LogP contribution in [0.1, 0.15) is 55.3 Å². The smallest absolute Gasteiger partial charge is 0.343 e. The van der Waals surface area contributed by atoms with Gasteiger partial charge in [0.15, 0.2) is 23.3 Å². The summed E-state index contributed by atoms with van der Waals surface area (Å²) in [7, 11) is 0. The van der Waals surface area contributed by atoms with E-state index in [0.717, 1.165) is 0 Å². The number of esters is 1. The maximum atomic E-state index is 17.6. The Morgan fingerprint density at radius 3 is 2.57 bits per heavy atom. The lowest BCUT2D eigenvalue weighted by atomic mass is 9.44. The fourth-order valence-corrected chi connectivity index (χ4v) is 9.31. The van der Waals surface area contributed by atoms with Crippen molar-refractivity contribution < 1.29 is 42.8 Å². The van der Waals surface area contributed by atoms with E-state index >= 15 is 8.78 Å². The number of allylic oxidation sites excluding steroid dienone is 5. The van der Waals surface area contributed by atoms with Crippen LogP contribution in [0, 0.1) is 22.7 Å². The Bertz CT molecular complexity index is 1690. The molecule has 8 nitrogen and oxygen atoms in total. The lowest BCUT2D eigenvalue weighted by molar-refractivity contribution is -0.235. The first-order valence-electron chi connectivity index (χ1n) is 15.5. The molecule has 0 unspecified atom stereocenters. The third-order valence-corrected chi connectivity index (χ3v) is 11.5. The van der Waals surface area contributed by atoms with Crippen LogP contribution in [0.15, 0.2) is 84.5 Å². The number of aliphatic hydroxyl groups excluding tert-OH is 2. The van der Waals surface area contributed by atoms with Crippen molar-refractivity contribution in [1.82, 2.24) is 0 Å². The molecule has 5 aliphatic rings.